The van der Waals surface area contributed by atoms with Crippen molar-refractivity contribution in [2.45, 2.75) is 38.9 Å². The molecule has 0 unspecified atom stereocenters. The van der Waals surface area contributed by atoms with Gasteiger partial charge in [0.1, 0.15) is 0 Å². The molecule has 0 bridgehead atoms. The van der Waals surface area contributed by atoms with Gasteiger partial charge in [-0.1, -0.05) is 0 Å². The van der Waals surface area contributed by atoms with Gasteiger partial charge in [0.2, 0.25) is 0 Å². The van der Waals surface area contributed by atoms with E-state index >= 15 is 0 Å². The molecule has 0 amide bonds. The lowest BCUT2D eigenvalue weighted by atomic mass is 10.1. The standard InChI is InChI=1S/C8H20N2O/c1-8(2,3)11-7(6-10)4-5-9/h7H,4-6,9-10H2,1-3H3/t7-/m1/s1. The number of hydrogen-bond donors (Lipinski definition) is 2. The minimum absolute atomic E-state index is 0.111. The quantitative estimate of drug-likeness (QED) is 0.628. The van der Waals surface area contributed by atoms with Crippen molar-refractivity contribution in [2.75, 3.05) is 13.1 Å². The average Bonchev–Trinajstić information content (AvgIpc) is 1.84. The fraction of sp³-hybridized carbons (Fsp3) is 1.00. The first-order valence-electron chi connectivity index (χ1n) is 4.07. The second kappa shape index (κ2) is 4.70. The lowest BCUT2D eigenvalue weighted by Gasteiger charge is -2.26. The SMILES string of the molecule is CC(C)(C)O[C@@H](CN)CCN. The summed E-state index contributed by atoms with van der Waals surface area (Å²) >= 11 is 0. The molecule has 0 radical (unpaired) electrons. The highest BCUT2D eigenvalue weighted by Crippen LogP contribution is 2.11. The van der Waals surface area contributed by atoms with E-state index in [1.807, 2.05) is 20.8 Å². The number of rotatable bonds is 4. The zero-order chi connectivity index (χ0) is 8.91. The Morgan fingerprint density at radius 1 is 1.27 bits per heavy atom. The van der Waals surface area contributed by atoms with Gasteiger partial charge in [-0.2, -0.15) is 0 Å². The van der Waals surface area contributed by atoms with E-state index in [-0.39, 0.29) is 11.7 Å². The van der Waals surface area contributed by atoms with Crippen molar-refractivity contribution in [3.8, 4) is 0 Å². The van der Waals surface area contributed by atoms with Crippen molar-refractivity contribution in [1.29, 1.82) is 0 Å². The summed E-state index contributed by atoms with van der Waals surface area (Å²) in [7, 11) is 0. The molecule has 11 heavy (non-hydrogen) atoms. The third-order valence-corrected chi connectivity index (χ3v) is 1.27. The Morgan fingerprint density at radius 2 is 1.82 bits per heavy atom. The highest BCUT2D eigenvalue weighted by molar-refractivity contribution is 4.67. The van der Waals surface area contributed by atoms with Gasteiger partial charge in [0.05, 0.1) is 11.7 Å². The van der Waals surface area contributed by atoms with Gasteiger partial charge in [-0.3, -0.25) is 0 Å². The van der Waals surface area contributed by atoms with Crippen LogP contribution < -0.4 is 11.5 Å². The fourth-order valence-corrected chi connectivity index (χ4v) is 0.911. The van der Waals surface area contributed by atoms with Crippen LogP contribution in [0.3, 0.4) is 0 Å². The van der Waals surface area contributed by atoms with E-state index in [1.54, 1.807) is 0 Å². The summed E-state index contributed by atoms with van der Waals surface area (Å²) in [5, 5.41) is 0. The molecule has 0 aliphatic rings. The maximum Gasteiger partial charge on any atom is 0.0716 e. The van der Waals surface area contributed by atoms with Gasteiger partial charge in [-0.05, 0) is 33.7 Å². The lowest BCUT2D eigenvalue weighted by Crippen LogP contribution is -2.34. The van der Waals surface area contributed by atoms with Crippen molar-refractivity contribution in [2.24, 2.45) is 11.5 Å². The van der Waals surface area contributed by atoms with Crippen LogP contribution in [0.15, 0.2) is 0 Å². The van der Waals surface area contributed by atoms with Crippen molar-refractivity contribution >= 4 is 0 Å². The Kier molecular flexibility index (Phi) is 4.65. The van der Waals surface area contributed by atoms with E-state index < -0.39 is 0 Å². The van der Waals surface area contributed by atoms with Gasteiger partial charge >= 0.3 is 0 Å². The zero-order valence-electron chi connectivity index (χ0n) is 7.76. The molecular weight excluding hydrogens is 140 g/mol. The lowest BCUT2D eigenvalue weighted by molar-refractivity contribution is -0.0572. The molecule has 0 aliphatic carbocycles. The predicted octanol–water partition coefficient (Wildman–Crippen LogP) is 0.478. The summed E-state index contributed by atoms with van der Waals surface area (Å²) in [4.78, 5) is 0. The third-order valence-electron chi connectivity index (χ3n) is 1.27. The molecule has 1 atom stereocenters. The Hall–Kier alpha value is -0.120. The van der Waals surface area contributed by atoms with Gasteiger partial charge in [-0.25, -0.2) is 0 Å². The number of nitrogens with two attached hydrogens (primary N) is 2. The monoisotopic (exact) mass is 160 g/mol. The van der Waals surface area contributed by atoms with E-state index in [0.717, 1.165) is 6.42 Å². The van der Waals surface area contributed by atoms with E-state index in [0.29, 0.717) is 13.1 Å². The van der Waals surface area contributed by atoms with Crippen LogP contribution in [0.25, 0.3) is 0 Å². The highest BCUT2D eigenvalue weighted by atomic mass is 16.5. The van der Waals surface area contributed by atoms with E-state index in [2.05, 4.69) is 0 Å². The van der Waals surface area contributed by atoms with E-state index in [1.165, 1.54) is 0 Å². The largest absolute Gasteiger partial charge is 0.371 e. The number of hydrogen-bond acceptors (Lipinski definition) is 3. The van der Waals surface area contributed by atoms with Crippen LogP contribution >= 0.6 is 0 Å². The molecule has 0 rings (SSSR count). The summed E-state index contributed by atoms with van der Waals surface area (Å²) in [5.74, 6) is 0. The molecule has 0 aromatic heterocycles. The average molecular weight is 160 g/mol. The predicted molar refractivity (Wildman–Crippen MR) is 47.4 cm³/mol. The zero-order valence-corrected chi connectivity index (χ0v) is 7.76. The van der Waals surface area contributed by atoms with E-state index in [9.17, 15) is 0 Å². The van der Waals surface area contributed by atoms with Gasteiger partial charge in [0.15, 0.2) is 0 Å². The summed E-state index contributed by atoms with van der Waals surface area (Å²) in [6.07, 6.45) is 0.952. The molecule has 68 valence electrons. The molecular formula is C8H20N2O. The van der Waals surface area contributed by atoms with Crippen molar-refractivity contribution in [1.82, 2.24) is 0 Å². The van der Waals surface area contributed by atoms with Crippen LogP contribution in [-0.4, -0.2) is 24.8 Å². The second-order valence-electron chi connectivity index (χ2n) is 3.67. The molecule has 0 spiro atoms. The molecule has 0 fully saturated rings. The molecule has 0 saturated heterocycles. The maximum atomic E-state index is 5.62. The van der Waals surface area contributed by atoms with Gasteiger partial charge < -0.3 is 16.2 Å². The molecule has 0 aliphatic heterocycles. The summed E-state index contributed by atoms with van der Waals surface area (Å²) in [6, 6.07) is 0. The Labute approximate surface area is 69.1 Å². The van der Waals surface area contributed by atoms with Crippen LogP contribution in [0.2, 0.25) is 0 Å². The first-order chi connectivity index (χ1) is 4.99. The van der Waals surface area contributed by atoms with Crippen LogP contribution in [0.4, 0.5) is 0 Å². The molecule has 3 heteroatoms. The molecule has 0 aromatic rings. The van der Waals surface area contributed by atoms with E-state index in [4.69, 9.17) is 16.2 Å². The maximum absolute atomic E-state index is 5.62. The smallest absolute Gasteiger partial charge is 0.0716 e. The van der Waals surface area contributed by atoms with Crippen LogP contribution in [0.5, 0.6) is 0 Å². The molecule has 4 N–H and O–H groups in total. The molecule has 0 heterocycles. The Balaban J connectivity index is 3.68. The van der Waals surface area contributed by atoms with Crippen LogP contribution in [0.1, 0.15) is 27.2 Å². The molecule has 0 aromatic carbocycles. The van der Waals surface area contributed by atoms with Crippen LogP contribution in [0, 0.1) is 0 Å². The van der Waals surface area contributed by atoms with Crippen molar-refractivity contribution < 1.29 is 4.74 Å². The van der Waals surface area contributed by atoms with Crippen molar-refractivity contribution in [3.63, 3.8) is 0 Å². The first kappa shape index (κ1) is 10.9. The summed E-state index contributed by atoms with van der Waals surface area (Å²) < 4.78 is 5.62. The third kappa shape index (κ3) is 6.28. The minimum Gasteiger partial charge on any atom is -0.371 e. The fourth-order valence-electron chi connectivity index (χ4n) is 0.911. The Morgan fingerprint density at radius 3 is 2.09 bits per heavy atom. The second-order valence-corrected chi connectivity index (χ2v) is 3.67. The first-order valence-corrected chi connectivity index (χ1v) is 4.07. The summed E-state index contributed by atoms with van der Waals surface area (Å²) in [5.41, 5.74) is 10.8. The van der Waals surface area contributed by atoms with Gasteiger partial charge in [0.25, 0.3) is 0 Å². The topological polar surface area (TPSA) is 61.3 Å². The highest BCUT2D eigenvalue weighted by Gasteiger charge is 2.16. The van der Waals surface area contributed by atoms with Crippen LogP contribution in [-0.2, 0) is 4.74 Å². The normalized spacial score (nSPS) is 15.0. The Bertz CT molecular complexity index is 98.8. The molecule has 3 nitrogen and oxygen atoms in total. The number of ether oxygens (including phenoxy) is 1. The minimum atomic E-state index is -0.112. The van der Waals surface area contributed by atoms with Crippen molar-refractivity contribution in [3.05, 3.63) is 0 Å². The van der Waals surface area contributed by atoms with Gasteiger partial charge in [-0.15, -0.1) is 0 Å². The molecule has 0 saturated carbocycles. The van der Waals surface area contributed by atoms with Gasteiger partial charge in [0, 0.05) is 6.54 Å². The summed E-state index contributed by atoms with van der Waals surface area (Å²) in [6.45, 7) is 7.25.